The highest BCUT2D eigenvalue weighted by Crippen LogP contribution is 2.22. The SMILES string of the molecule is CC[C@@H](C(=O)NCCOc1ccc(OC)cc1)N(c1ccccc1)S(C)(=O)=O. The molecule has 1 amide bonds. The van der Waals surface area contributed by atoms with Crippen molar-refractivity contribution in [2.75, 3.05) is 30.8 Å². The van der Waals surface area contributed by atoms with E-state index < -0.39 is 16.1 Å². The molecule has 1 N–H and O–H groups in total. The first-order chi connectivity index (χ1) is 13.4. The Morgan fingerprint density at radius 1 is 1.07 bits per heavy atom. The second kappa shape index (κ2) is 9.98. The van der Waals surface area contributed by atoms with Gasteiger partial charge in [-0.3, -0.25) is 9.10 Å². The second-order valence-corrected chi connectivity index (χ2v) is 7.99. The maximum Gasteiger partial charge on any atom is 0.244 e. The van der Waals surface area contributed by atoms with Crippen LogP contribution in [0.1, 0.15) is 13.3 Å². The van der Waals surface area contributed by atoms with E-state index >= 15 is 0 Å². The molecule has 8 heteroatoms. The molecule has 0 aliphatic rings. The van der Waals surface area contributed by atoms with Gasteiger partial charge in [-0.2, -0.15) is 0 Å². The first-order valence-corrected chi connectivity index (χ1v) is 10.8. The van der Waals surface area contributed by atoms with Gasteiger partial charge in [-0.25, -0.2) is 8.42 Å². The van der Waals surface area contributed by atoms with E-state index in [2.05, 4.69) is 5.32 Å². The largest absolute Gasteiger partial charge is 0.497 e. The van der Waals surface area contributed by atoms with E-state index in [1.165, 1.54) is 0 Å². The Morgan fingerprint density at radius 2 is 1.68 bits per heavy atom. The third-order valence-corrected chi connectivity index (χ3v) is 5.25. The fourth-order valence-electron chi connectivity index (χ4n) is 2.77. The van der Waals surface area contributed by atoms with Crippen LogP contribution in [0, 0.1) is 0 Å². The van der Waals surface area contributed by atoms with E-state index in [1.54, 1.807) is 68.6 Å². The Hall–Kier alpha value is -2.74. The van der Waals surface area contributed by atoms with Crippen molar-refractivity contribution in [2.45, 2.75) is 19.4 Å². The van der Waals surface area contributed by atoms with Gasteiger partial charge in [-0.05, 0) is 42.8 Å². The predicted octanol–water partition coefficient (Wildman–Crippen LogP) is 2.44. The highest BCUT2D eigenvalue weighted by molar-refractivity contribution is 7.92. The van der Waals surface area contributed by atoms with Crippen LogP contribution in [0.3, 0.4) is 0 Å². The van der Waals surface area contributed by atoms with E-state index in [9.17, 15) is 13.2 Å². The van der Waals surface area contributed by atoms with Crippen LogP contribution in [0.25, 0.3) is 0 Å². The smallest absolute Gasteiger partial charge is 0.244 e. The number of hydrogen-bond acceptors (Lipinski definition) is 5. The Balaban J connectivity index is 1.97. The number of carbonyl (C=O) groups excluding carboxylic acids is 1. The number of ether oxygens (including phenoxy) is 2. The van der Waals surface area contributed by atoms with Gasteiger partial charge in [-0.1, -0.05) is 25.1 Å². The number of nitrogens with one attached hydrogen (secondary N) is 1. The third kappa shape index (κ3) is 5.88. The second-order valence-electron chi connectivity index (χ2n) is 6.13. The number of hydrogen-bond donors (Lipinski definition) is 1. The average Bonchev–Trinajstić information content (AvgIpc) is 2.69. The van der Waals surface area contributed by atoms with Gasteiger partial charge in [0.1, 0.15) is 24.1 Å². The average molecular weight is 407 g/mol. The summed E-state index contributed by atoms with van der Waals surface area (Å²) in [6.45, 7) is 2.30. The Labute approximate surface area is 166 Å². The van der Waals surface area contributed by atoms with Crippen LogP contribution in [0.4, 0.5) is 5.69 Å². The van der Waals surface area contributed by atoms with Crippen LogP contribution in [-0.4, -0.2) is 46.9 Å². The minimum Gasteiger partial charge on any atom is -0.497 e. The van der Waals surface area contributed by atoms with E-state index in [-0.39, 0.29) is 19.1 Å². The lowest BCUT2D eigenvalue weighted by Crippen LogP contribution is -2.49. The summed E-state index contributed by atoms with van der Waals surface area (Å²) in [6, 6.07) is 14.9. The summed E-state index contributed by atoms with van der Waals surface area (Å²) in [6.07, 6.45) is 1.44. The number of nitrogens with zero attached hydrogens (tertiary/aromatic N) is 1. The zero-order chi connectivity index (χ0) is 20.6. The molecule has 7 nitrogen and oxygen atoms in total. The molecule has 0 fully saturated rings. The fourth-order valence-corrected chi connectivity index (χ4v) is 3.98. The number of rotatable bonds is 10. The van der Waals surface area contributed by atoms with Crippen LogP contribution in [0.15, 0.2) is 54.6 Å². The van der Waals surface area contributed by atoms with Gasteiger partial charge in [0.05, 0.1) is 25.6 Å². The van der Waals surface area contributed by atoms with Gasteiger partial charge < -0.3 is 14.8 Å². The van der Waals surface area contributed by atoms with E-state index in [0.717, 1.165) is 16.3 Å². The molecule has 0 radical (unpaired) electrons. The molecule has 0 spiro atoms. The van der Waals surface area contributed by atoms with Crippen molar-refractivity contribution < 1.29 is 22.7 Å². The lowest BCUT2D eigenvalue weighted by Gasteiger charge is -2.30. The normalized spacial score (nSPS) is 12.1. The number of anilines is 1. The van der Waals surface area contributed by atoms with Gasteiger partial charge in [-0.15, -0.1) is 0 Å². The summed E-state index contributed by atoms with van der Waals surface area (Å²) in [5.41, 5.74) is 0.460. The standard InChI is InChI=1S/C20H26N2O5S/c1-4-19(22(28(3,24)25)16-8-6-5-7-9-16)20(23)21-14-15-27-18-12-10-17(26-2)11-13-18/h5-13,19H,4,14-15H2,1-3H3,(H,21,23)/t19-/m0/s1. The summed E-state index contributed by atoms with van der Waals surface area (Å²) in [5.74, 6) is 1.02. The number of para-hydroxylation sites is 1. The van der Waals surface area contributed by atoms with Crippen molar-refractivity contribution in [3.05, 3.63) is 54.6 Å². The molecular formula is C20H26N2O5S. The zero-order valence-corrected chi connectivity index (χ0v) is 17.1. The molecule has 0 unspecified atom stereocenters. The van der Waals surface area contributed by atoms with Gasteiger partial charge in [0.25, 0.3) is 0 Å². The fraction of sp³-hybridized carbons (Fsp3) is 0.350. The third-order valence-electron chi connectivity index (χ3n) is 4.07. The van der Waals surface area contributed by atoms with Gasteiger partial charge in [0.2, 0.25) is 15.9 Å². The van der Waals surface area contributed by atoms with Crippen molar-refractivity contribution >= 4 is 21.6 Å². The predicted molar refractivity (Wildman–Crippen MR) is 109 cm³/mol. The minimum absolute atomic E-state index is 0.258. The maximum atomic E-state index is 12.6. The van der Waals surface area contributed by atoms with Gasteiger partial charge in [0.15, 0.2) is 0 Å². The lowest BCUT2D eigenvalue weighted by atomic mass is 10.2. The summed E-state index contributed by atoms with van der Waals surface area (Å²) >= 11 is 0. The number of sulfonamides is 1. The molecule has 0 saturated heterocycles. The molecule has 28 heavy (non-hydrogen) atoms. The molecule has 1 atom stereocenters. The van der Waals surface area contributed by atoms with Crippen LogP contribution in [0.5, 0.6) is 11.5 Å². The molecular weight excluding hydrogens is 380 g/mol. The topological polar surface area (TPSA) is 84.9 Å². The molecule has 0 aromatic heterocycles. The summed E-state index contributed by atoms with van der Waals surface area (Å²) < 4.78 is 36.5. The van der Waals surface area contributed by atoms with E-state index in [4.69, 9.17) is 9.47 Å². The molecule has 0 saturated carbocycles. The van der Waals surface area contributed by atoms with Gasteiger partial charge >= 0.3 is 0 Å². The molecule has 2 aromatic carbocycles. The Kier molecular flexibility index (Phi) is 7.69. The first-order valence-electron chi connectivity index (χ1n) is 8.95. The van der Waals surface area contributed by atoms with Crippen LogP contribution >= 0.6 is 0 Å². The quantitative estimate of drug-likeness (QED) is 0.613. The van der Waals surface area contributed by atoms with Crippen molar-refractivity contribution in [1.82, 2.24) is 5.32 Å². The molecule has 152 valence electrons. The number of benzene rings is 2. The Bertz CT molecular complexity index is 854. The molecule has 2 rings (SSSR count). The molecule has 0 aliphatic heterocycles. The van der Waals surface area contributed by atoms with Crippen LogP contribution < -0.4 is 19.1 Å². The summed E-state index contributed by atoms with van der Waals surface area (Å²) in [7, 11) is -2.04. The van der Waals surface area contributed by atoms with Crippen molar-refractivity contribution in [1.29, 1.82) is 0 Å². The lowest BCUT2D eigenvalue weighted by molar-refractivity contribution is -0.122. The zero-order valence-electron chi connectivity index (χ0n) is 16.3. The van der Waals surface area contributed by atoms with E-state index in [1.807, 2.05) is 0 Å². The summed E-state index contributed by atoms with van der Waals surface area (Å²) in [4.78, 5) is 12.6. The molecule has 0 heterocycles. The van der Waals surface area contributed by atoms with Crippen molar-refractivity contribution in [3.8, 4) is 11.5 Å². The monoisotopic (exact) mass is 406 g/mol. The van der Waals surface area contributed by atoms with Gasteiger partial charge in [0, 0.05) is 0 Å². The highest BCUT2D eigenvalue weighted by Gasteiger charge is 2.31. The number of amides is 1. The van der Waals surface area contributed by atoms with Crippen LogP contribution in [0.2, 0.25) is 0 Å². The number of carbonyl (C=O) groups is 1. The highest BCUT2D eigenvalue weighted by atomic mass is 32.2. The molecule has 0 bridgehead atoms. The molecule has 0 aliphatic carbocycles. The summed E-state index contributed by atoms with van der Waals surface area (Å²) in [5, 5.41) is 2.75. The van der Waals surface area contributed by atoms with Crippen LogP contribution in [-0.2, 0) is 14.8 Å². The van der Waals surface area contributed by atoms with Crippen molar-refractivity contribution in [2.24, 2.45) is 0 Å². The first kappa shape index (κ1) is 21.6. The van der Waals surface area contributed by atoms with Crippen molar-refractivity contribution in [3.63, 3.8) is 0 Å². The Morgan fingerprint density at radius 3 is 2.21 bits per heavy atom. The molecule has 2 aromatic rings. The number of methoxy groups -OCH3 is 1. The minimum atomic E-state index is -3.63. The van der Waals surface area contributed by atoms with E-state index in [0.29, 0.717) is 17.9 Å². The maximum absolute atomic E-state index is 12.6.